The summed E-state index contributed by atoms with van der Waals surface area (Å²) in [5.41, 5.74) is 2.92. The zero-order valence-electron chi connectivity index (χ0n) is 11.3. The van der Waals surface area contributed by atoms with Gasteiger partial charge in [0.15, 0.2) is 0 Å². The van der Waals surface area contributed by atoms with Crippen molar-refractivity contribution in [1.29, 1.82) is 0 Å². The van der Waals surface area contributed by atoms with Gasteiger partial charge in [-0.2, -0.15) is 0 Å². The summed E-state index contributed by atoms with van der Waals surface area (Å²) in [6, 6.07) is 10.5. The molecule has 0 saturated carbocycles. The predicted molar refractivity (Wildman–Crippen MR) is 79.8 cm³/mol. The molecule has 0 aromatic heterocycles. The van der Waals surface area contributed by atoms with Crippen LogP contribution in [0.25, 0.3) is 11.1 Å². The predicted octanol–water partition coefficient (Wildman–Crippen LogP) is 4.41. The van der Waals surface area contributed by atoms with Crippen LogP contribution in [0, 0.1) is 6.92 Å². The van der Waals surface area contributed by atoms with Crippen LogP contribution in [-0.2, 0) is 0 Å². The summed E-state index contributed by atoms with van der Waals surface area (Å²) in [6.07, 6.45) is 0. The molecule has 104 valence electrons. The second-order valence-electron chi connectivity index (χ2n) is 4.44. The third-order valence-electron chi connectivity index (χ3n) is 2.96. The number of hydrogen-bond acceptors (Lipinski definition) is 2. The van der Waals surface area contributed by atoms with E-state index in [9.17, 15) is 4.79 Å². The third-order valence-corrected chi connectivity index (χ3v) is 3.18. The summed E-state index contributed by atoms with van der Waals surface area (Å²) < 4.78 is 5.44. The lowest BCUT2D eigenvalue weighted by atomic mass is 9.98. The highest BCUT2D eigenvalue weighted by molar-refractivity contribution is 6.31. The number of hydrogen-bond donors (Lipinski definition) is 1. The highest BCUT2D eigenvalue weighted by Crippen LogP contribution is 2.30. The largest absolute Gasteiger partial charge is 0.494 e. The van der Waals surface area contributed by atoms with Gasteiger partial charge in [0, 0.05) is 5.02 Å². The van der Waals surface area contributed by atoms with Crippen LogP contribution in [0.4, 0.5) is 0 Å². The van der Waals surface area contributed by atoms with E-state index < -0.39 is 5.97 Å². The monoisotopic (exact) mass is 290 g/mol. The molecule has 2 aromatic carbocycles. The molecule has 0 aliphatic heterocycles. The standard InChI is InChI=1S/C16H15ClO3/c1-3-20-14-4-5-15(10(2)6-14)11-7-12(16(18)19)9-13(17)8-11/h4-9H,3H2,1-2H3,(H,18,19). The van der Waals surface area contributed by atoms with Crippen LogP contribution in [0.1, 0.15) is 22.8 Å². The van der Waals surface area contributed by atoms with Crippen molar-refractivity contribution >= 4 is 17.6 Å². The van der Waals surface area contributed by atoms with E-state index in [1.807, 2.05) is 32.0 Å². The number of halogens is 1. The summed E-state index contributed by atoms with van der Waals surface area (Å²) in [5, 5.41) is 9.50. The smallest absolute Gasteiger partial charge is 0.335 e. The Bertz CT molecular complexity index is 650. The zero-order valence-corrected chi connectivity index (χ0v) is 12.1. The quantitative estimate of drug-likeness (QED) is 0.907. The summed E-state index contributed by atoms with van der Waals surface area (Å²) in [4.78, 5) is 11.1. The molecule has 0 fully saturated rings. The van der Waals surface area contributed by atoms with Crippen LogP contribution in [-0.4, -0.2) is 17.7 Å². The van der Waals surface area contributed by atoms with E-state index >= 15 is 0 Å². The van der Waals surface area contributed by atoms with E-state index in [2.05, 4.69) is 0 Å². The maximum absolute atomic E-state index is 11.1. The molecule has 0 saturated heterocycles. The molecule has 0 radical (unpaired) electrons. The first-order valence-electron chi connectivity index (χ1n) is 6.29. The molecular formula is C16H15ClO3. The van der Waals surface area contributed by atoms with Crippen LogP contribution >= 0.6 is 11.6 Å². The number of carboxylic acids is 1. The van der Waals surface area contributed by atoms with Gasteiger partial charge in [-0.25, -0.2) is 4.79 Å². The van der Waals surface area contributed by atoms with Gasteiger partial charge in [-0.15, -0.1) is 0 Å². The Morgan fingerprint density at radius 1 is 1.25 bits per heavy atom. The van der Waals surface area contributed by atoms with Crippen molar-refractivity contribution in [2.24, 2.45) is 0 Å². The SMILES string of the molecule is CCOc1ccc(-c2cc(Cl)cc(C(=O)O)c2)c(C)c1. The van der Waals surface area contributed by atoms with Crippen molar-refractivity contribution < 1.29 is 14.6 Å². The second-order valence-corrected chi connectivity index (χ2v) is 4.88. The summed E-state index contributed by atoms with van der Waals surface area (Å²) in [7, 11) is 0. The first-order valence-corrected chi connectivity index (χ1v) is 6.66. The van der Waals surface area contributed by atoms with E-state index in [0.29, 0.717) is 11.6 Å². The van der Waals surface area contributed by atoms with Crippen molar-refractivity contribution in [3.05, 3.63) is 52.5 Å². The Morgan fingerprint density at radius 2 is 2.00 bits per heavy atom. The zero-order chi connectivity index (χ0) is 14.7. The average molecular weight is 291 g/mol. The van der Waals surface area contributed by atoms with Crippen LogP contribution in [0.15, 0.2) is 36.4 Å². The minimum absolute atomic E-state index is 0.181. The first-order chi connectivity index (χ1) is 9.51. The molecule has 0 amide bonds. The number of aryl methyl sites for hydroxylation is 1. The van der Waals surface area contributed by atoms with Gasteiger partial charge < -0.3 is 9.84 Å². The van der Waals surface area contributed by atoms with Crippen LogP contribution < -0.4 is 4.74 Å². The molecule has 0 aliphatic rings. The van der Waals surface area contributed by atoms with Gasteiger partial charge in [-0.05, 0) is 60.9 Å². The highest BCUT2D eigenvalue weighted by Gasteiger charge is 2.10. The molecule has 0 aliphatic carbocycles. The van der Waals surface area contributed by atoms with Gasteiger partial charge in [0.2, 0.25) is 0 Å². The van der Waals surface area contributed by atoms with Gasteiger partial charge >= 0.3 is 5.97 Å². The molecule has 0 spiro atoms. The van der Waals surface area contributed by atoms with Crippen molar-refractivity contribution in [2.45, 2.75) is 13.8 Å². The van der Waals surface area contributed by atoms with Gasteiger partial charge in [-0.1, -0.05) is 17.7 Å². The molecule has 4 heteroatoms. The summed E-state index contributed by atoms with van der Waals surface area (Å²) >= 11 is 5.99. The first kappa shape index (κ1) is 14.4. The lowest BCUT2D eigenvalue weighted by molar-refractivity contribution is 0.0697. The van der Waals surface area contributed by atoms with E-state index in [4.69, 9.17) is 21.4 Å². The van der Waals surface area contributed by atoms with Crippen molar-refractivity contribution in [2.75, 3.05) is 6.61 Å². The molecule has 3 nitrogen and oxygen atoms in total. The maximum atomic E-state index is 11.1. The number of ether oxygens (including phenoxy) is 1. The van der Waals surface area contributed by atoms with Crippen LogP contribution in [0.2, 0.25) is 5.02 Å². The molecule has 0 heterocycles. The summed E-state index contributed by atoms with van der Waals surface area (Å²) in [5.74, 6) is -0.188. The lowest BCUT2D eigenvalue weighted by Gasteiger charge is -2.10. The number of aromatic carboxylic acids is 1. The van der Waals surface area contributed by atoms with Crippen molar-refractivity contribution in [3.63, 3.8) is 0 Å². The summed E-state index contributed by atoms with van der Waals surface area (Å²) in [6.45, 7) is 4.50. The van der Waals surface area contributed by atoms with Gasteiger partial charge in [0.05, 0.1) is 12.2 Å². The Balaban J connectivity index is 2.48. The van der Waals surface area contributed by atoms with Gasteiger partial charge in [0.1, 0.15) is 5.75 Å². The fourth-order valence-corrected chi connectivity index (χ4v) is 2.32. The van der Waals surface area contributed by atoms with E-state index in [1.165, 1.54) is 6.07 Å². The normalized spacial score (nSPS) is 10.3. The number of carboxylic acid groups (broad SMARTS) is 1. The highest BCUT2D eigenvalue weighted by atomic mass is 35.5. The Morgan fingerprint density at radius 3 is 2.60 bits per heavy atom. The molecule has 0 bridgehead atoms. The van der Waals surface area contributed by atoms with E-state index in [-0.39, 0.29) is 5.56 Å². The van der Waals surface area contributed by atoms with E-state index in [1.54, 1.807) is 12.1 Å². The number of rotatable bonds is 4. The fraction of sp³-hybridized carbons (Fsp3) is 0.188. The molecule has 2 aromatic rings. The van der Waals surface area contributed by atoms with Crippen LogP contribution in [0.5, 0.6) is 5.75 Å². The van der Waals surface area contributed by atoms with Crippen LogP contribution in [0.3, 0.4) is 0 Å². The molecule has 0 atom stereocenters. The van der Waals surface area contributed by atoms with Crippen molar-refractivity contribution in [3.8, 4) is 16.9 Å². The molecule has 20 heavy (non-hydrogen) atoms. The van der Waals surface area contributed by atoms with Crippen molar-refractivity contribution in [1.82, 2.24) is 0 Å². The Kier molecular flexibility index (Phi) is 4.30. The Hall–Kier alpha value is -2.00. The number of benzene rings is 2. The molecule has 0 unspecified atom stereocenters. The number of carbonyl (C=O) groups is 1. The van der Waals surface area contributed by atoms with E-state index in [0.717, 1.165) is 22.4 Å². The third kappa shape index (κ3) is 3.11. The molecule has 1 N–H and O–H groups in total. The van der Waals surface area contributed by atoms with Gasteiger partial charge in [0.25, 0.3) is 0 Å². The maximum Gasteiger partial charge on any atom is 0.335 e. The Labute approximate surface area is 122 Å². The molecule has 2 rings (SSSR count). The average Bonchev–Trinajstić information content (AvgIpc) is 2.38. The second kappa shape index (κ2) is 5.97. The van der Waals surface area contributed by atoms with Gasteiger partial charge in [-0.3, -0.25) is 0 Å². The topological polar surface area (TPSA) is 46.5 Å². The molecular weight excluding hydrogens is 276 g/mol. The lowest BCUT2D eigenvalue weighted by Crippen LogP contribution is -1.97. The fourth-order valence-electron chi connectivity index (χ4n) is 2.09. The minimum atomic E-state index is -0.989. The minimum Gasteiger partial charge on any atom is -0.494 e.